The molecule has 0 amide bonds. The Kier molecular flexibility index (Phi) is 4.03. The first-order valence-electron chi connectivity index (χ1n) is 6.25. The van der Waals surface area contributed by atoms with Crippen LogP contribution in [-0.2, 0) is 0 Å². The summed E-state index contributed by atoms with van der Waals surface area (Å²) in [5, 5.41) is 2.86. The molecule has 0 saturated heterocycles. The maximum Gasteiger partial charge on any atom is 0.194 e. The number of halogens is 3. The molecule has 0 N–H and O–H groups in total. The van der Waals surface area contributed by atoms with E-state index in [1.54, 1.807) is 30.3 Å². The predicted octanol–water partition coefficient (Wildman–Crippen LogP) is 6.14. The average molecular weight is 380 g/mol. The summed E-state index contributed by atoms with van der Waals surface area (Å²) in [6.07, 6.45) is 0. The molecule has 0 fully saturated rings. The van der Waals surface area contributed by atoms with E-state index in [1.807, 2.05) is 24.3 Å². The van der Waals surface area contributed by atoms with Crippen LogP contribution in [0.2, 0.25) is 10.0 Å². The Morgan fingerprint density at radius 2 is 1.57 bits per heavy atom. The van der Waals surface area contributed by atoms with E-state index < -0.39 is 0 Å². The van der Waals surface area contributed by atoms with Crippen LogP contribution in [0.4, 0.5) is 0 Å². The second-order valence-corrected chi connectivity index (χ2v) is 6.29. The molecular formula is C17H9BrCl2O. The highest BCUT2D eigenvalue weighted by molar-refractivity contribution is 9.10. The van der Waals surface area contributed by atoms with Crippen LogP contribution >= 0.6 is 39.1 Å². The standard InChI is InChI=1S/C17H9BrCl2O/c18-15-7-5-10(19)9-14(15)17(21)13-6-8-16(20)12-4-2-1-3-11(12)13/h1-9H. The van der Waals surface area contributed by atoms with Crippen molar-refractivity contribution in [3.8, 4) is 0 Å². The molecule has 104 valence electrons. The first-order valence-corrected chi connectivity index (χ1v) is 7.80. The minimum atomic E-state index is -0.0859. The zero-order chi connectivity index (χ0) is 15.0. The molecule has 0 aliphatic heterocycles. The van der Waals surface area contributed by atoms with Gasteiger partial charge in [-0.05, 0) is 35.7 Å². The van der Waals surface area contributed by atoms with Crippen molar-refractivity contribution in [2.45, 2.75) is 0 Å². The van der Waals surface area contributed by atoms with Crippen molar-refractivity contribution in [2.75, 3.05) is 0 Å². The Morgan fingerprint density at radius 3 is 2.33 bits per heavy atom. The first kappa shape index (κ1) is 14.6. The molecule has 4 heteroatoms. The lowest BCUT2D eigenvalue weighted by atomic mass is 9.97. The highest BCUT2D eigenvalue weighted by Crippen LogP contribution is 2.30. The van der Waals surface area contributed by atoms with Crippen LogP contribution in [0.5, 0.6) is 0 Å². The van der Waals surface area contributed by atoms with Crippen LogP contribution in [0, 0.1) is 0 Å². The minimum absolute atomic E-state index is 0.0859. The lowest BCUT2D eigenvalue weighted by molar-refractivity contribution is 0.103. The van der Waals surface area contributed by atoms with Crippen LogP contribution in [0.3, 0.4) is 0 Å². The van der Waals surface area contributed by atoms with Crippen LogP contribution in [0.25, 0.3) is 10.8 Å². The summed E-state index contributed by atoms with van der Waals surface area (Å²) in [5.41, 5.74) is 1.15. The summed E-state index contributed by atoms with van der Waals surface area (Å²) < 4.78 is 0.718. The molecular weight excluding hydrogens is 371 g/mol. The van der Waals surface area contributed by atoms with Crippen molar-refractivity contribution >= 4 is 55.7 Å². The van der Waals surface area contributed by atoms with Crippen LogP contribution in [0.1, 0.15) is 15.9 Å². The maximum absolute atomic E-state index is 12.8. The van der Waals surface area contributed by atoms with Gasteiger partial charge >= 0.3 is 0 Å². The average Bonchev–Trinajstić information content (AvgIpc) is 2.50. The van der Waals surface area contributed by atoms with Gasteiger partial charge in [0, 0.05) is 31.0 Å². The number of hydrogen-bond donors (Lipinski definition) is 0. The molecule has 0 aromatic heterocycles. The van der Waals surface area contributed by atoms with Gasteiger partial charge in [-0.2, -0.15) is 0 Å². The number of carbonyl (C=O) groups excluding carboxylic acids is 1. The van der Waals surface area contributed by atoms with Crippen molar-refractivity contribution in [3.63, 3.8) is 0 Å². The molecule has 3 aromatic carbocycles. The smallest absolute Gasteiger partial charge is 0.194 e. The number of fused-ring (bicyclic) bond motifs is 1. The fraction of sp³-hybridized carbons (Fsp3) is 0. The molecule has 0 atom stereocenters. The zero-order valence-corrected chi connectivity index (χ0v) is 13.8. The number of benzene rings is 3. The SMILES string of the molecule is O=C(c1cc(Cl)ccc1Br)c1ccc(Cl)c2ccccc12. The third-order valence-electron chi connectivity index (χ3n) is 3.29. The van der Waals surface area contributed by atoms with Gasteiger partial charge in [0.1, 0.15) is 0 Å². The summed E-state index contributed by atoms with van der Waals surface area (Å²) in [5.74, 6) is -0.0859. The van der Waals surface area contributed by atoms with Gasteiger partial charge in [-0.1, -0.05) is 63.4 Å². The van der Waals surface area contributed by atoms with Crippen molar-refractivity contribution < 1.29 is 4.79 Å². The molecule has 0 aliphatic rings. The summed E-state index contributed by atoms with van der Waals surface area (Å²) in [7, 11) is 0. The topological polar surface area (TPSA) is 17.1 Å². The van der Waals surface area contributed by atoms with E-state index in [1.165, 1.54) is 0 Å². The van der Waals surface area contributed by atoms with E-state index in [0.717, 1.165) is 15.2 Å². The third-order valence-corrected chi connectivity index (χ3v) is 4.54. The number of carbonyl (C=O) groups is 1. The van der Waals surface area contributed by atoms with Gasteiger partial charge in [0.25, 0.3) is 0 Å². The van der Waals surface area contributed by atoms with Gasteiger partial charge < -0.3 is 0 Å². The van der Waals surface area contributed by atoms with Crippen molar-refractivity contribution in [3.05, 3.63) is 80.2 Å². The minimum Gasteiger partial charge on any atom is -0.289 e. The van der Waals surface area contributed by atoms with Crippen LogP contribution in [0.15, 0.2) is 59.1 Å². The lowest BCUT2D eigenvalue weighted by Crippen LogP contribution is -2.03. The molecule has 0 heterocycles. The Morgan fingerprint density at radius 1 is 0.857 bits per heavy atom. The van der Waals surface area contributed by atoms with Gasteiger partial charge in [0.05, 0.1) is 0 Å². The molecule has 0 saturated carbocycles. The molecule has 0 radical (unpaired) electrons. The number of ketones is 1. The van der Waals surface area contributed by atoms with Gasteiger partial charge in [-0.25, -0.2) is 0 Å². The third kappa shape index (κ3) is 2.71. The fourth-order valence-corrected chi connectivity index (χ4v) is 3.10. The Bertz CT molecular complexity index is 859. The molecule has 3 rings (SSSR count). The molecule has 21 heavy (non-hydrogen) atoms. The van der Waals surface area contributed by atoms with E-state index in [-0.39, 0.29) is 5.78 Å². The molecule has 0 unspecified atom stereocenters. The first-order chi connectivity index (χ1) is 10.1. The van der Waals surface area contributed by atoms with Crippen LogP contribution in [-0.4, -0.2) is 5.78 Å². The highest BCUT2D eigenvalue weighted by Gasteiger charge is 2.16. The Balaban J connectivity index is 2.23. The summed E-state index contributed by atoms with van der Waals surface area (Å²) in [6, 6.07) is 16.3. The van der Waals surface area contributed by atoms with Crippen molar-refractivity contribution in [2.24, 2.45) is 0 Å². The predicted molar refractivity (Wildman–Crippen MR) is 91.5 cm³/mol. The number of rotatable bonds is 2. The van der Waals surface area contributed by atoms with E-state index >= 15 is 0 Å². The van der Waals surface area contributed by atoms with Gasteiger partial charge in [0.2, 0.25) is 0 Å². The van der Waals surface area contributed by atoms with Gasteiger partial charge in [-0.3, -0.25) is 4.79 Å². The largest absolute Gasteiger partial charge is 0.289 e. The van der Waals surface area contributed by atoms with Crippen LogP contribution < -0.4 is 0 Å². The Hall–Kier alpha value is -1.35. The monoisotopic (exact) mass is 378 g/mol. The van der Waals surface area contributed by atoms with E-state index in [0.29, 0.717) is 21.2 Å². The normalized spacial score (nSPS) is 10.8. The fourth-order valence-electron chi connectivity index (χ4n) is 2.28. The summed E-state index contributed by atoms with van der Waals surface area (Å²) in [4.78, 5) is 12.8. The van der Waals surface area contributed by atoms with Gasteiger partial charge in [0.15, 0.2) is 5.78 Å². The van der Waals surface area contributed by atoms with Crippen molar-refractivity contribution in [1.82, 2.24) is 0 Å². The van der Waals surface area contributed by atoms with E-state index in [2.05, 4.69) is 15.9 Å². The van der Waals surface area contributed by atoms with Crippen molar-refractivity contribution in [1.29, 1.82) is 0 Å². The molecule has 0 bridgehead atoms. The highest BCUT2D eigenvalue weighted by atomic mass is 79.9. The molecule has 3 aromatic rings. The zero-order valence-electron chi connectivity index (χ0n) is 10.7. The van der Waals surface area contributed by atoms with E-state index in [4.69, 9.17) is 23.2 Å². The quantitative estimate of drug-likeness (QED) is 0.488. The molecule has 0 aliphatic carbocycles. The van der Waals surface area contributed by atoms with Gasteiger partial charge in [-0.15, -0.1) is 0 Å². The summed E-state index contributed by atoms with van der Waals surface area (Å²) in [6.45, 7) is 0. The molecule has 1 nitrogen and oxygen atoms in total. The van der Waals surface area contributed by atoms with E-state index in [9.17, 15) is 4.79 Å². The number of hydrogen-bond acceptors (Lipinski definition) is 1. The molecule has 0 spiro atoms. The maximum atomic E-state index is 12.8. The Labute approximate surface area is 140 Å². The lowest BCUT2D eigenvalue weighted by Gasteiger charge is -2.09. The second kappa shape index (κ2) is 5.80. The second-order valence-electron chi connectivity index (χ2n) is 4.59. The summed E-state index contributed by atoms with van der Waals surface area (Å²) >= 11 is 15.6.